The van der Waals surface area contributed by atoms with Crippen molar-refractivity contribution in [3.05, 3.63) is 34.3 Å². The van der Waals surface area contributed by atoms with Gasteiger partial charge in [-0.25, -0.2) is 0 Å². The third kappa shape index (κ3) is 4.10. The Bertz CT molecular complexity index is 473. The average molecular weight is 298 g/mol. The van der Waals surface area contributed by atoms with E-state index in [9.17, 15) is 0 Å². The van der Waals surface area contributed by atoms with E-state index in [0.717, 1.165) is 31.6 Å². The average Bonchev–Trinajstić information content (AvgIpc) is 2.49. The molecule has 1 aliphatic heterocycles. The van der Waals surface area contributed by atoms with E-state index in [0.29, 0.717) is 23.2 Å². The first-order valence-corrected chi connectivity index (χ1v) is 7.17. The fraction of sp³-hybridized carbons (Fsp3) is 0.500. The van der Waals surface area contributed by atoms with Crippen LogP contribution in [0.25, 0.3) is 0 Å². The van der Waals surface area contributed by atoms with E-state index in [1.54, 1.807) is 12.1 Å². The van der Waals surface area contributed by atoms with Gasteiger partial charge in [0, 0.05) is 30.3 Å². The molecule has 1 heterocycles. The van der Waals surface area contributed by atoms with E-state index in [1.165, 1.54) is 6.42 Å². The zero-order valence-electron chi connectivity index (χ0n) is 11.3. The quantitative estimate of drug-likeness (QED) is 0.336. The Balaban J connectivity index is 1.86. The smallest absolute Gasteiger partial charge is 0.170 e. The summed E-state index contributed by atoms with van der Waals surface area (Å²) < 4.78 is 5.66. The van der Waals surface area contributed by atoms with Crippen molar-refractivity contribution < 1.29 is 9.94 Å². The van der Waals surface area contributed by atoms with Gasteiger partial charge in [-0.15, -0.1) is 0 Å². The van der Waals surface area contributed by atoms with Crippen LogP contribution in [-0.2, 0) is 11.3 Å². The van der Waals surface area contributed by atoms with E-state index in [-0.39, 0.29) is 5.84 Å². The summed E-state index contributed by atoms with van der Waals surface area (Å²) >= 11 is 6.19. The van der Waals surface area contributed by atoms with Gasteiger partial charge in [-0.05, 0) is 30.9 Å². The van der Waals surface area contributed by atoms with Gasteiger partial charge < -0.3 is 21.0 Å². The molecule has 1 fully saturated rings. The summed E-state index contributed by atoms with van der Waals surface area (Å²) in [6.45, 7) is 2.37. The summed E-state index contributed by atoms with van der Waals surface area (Å²) in [5, 5.41) is 15.5. The maximum Gasteiger partial charge on any atom is 0.170 e. The van der Waals surface area contributed by atoms with Gasteiger partial charge in [0.25, 0.3) is 0 Å². The number of hydrogen-bond acceptors (Lipinski definition) is 4. The number of rotatable bonds is 5. The minimum atomic E-state index is 0.0574. The van der Waals surface area contributed by atoms with Crippen LogP contribution in [0.1, 0.15) is 30.4 Å². The standard InChI is InChI=1S/C14H20ClN3O2/c15-13-7-10(14(16)18-19)4-5-11(13)8-17-9-12-3-1-2-6-20-12/h4-5,7,12,17,19H,1-3,6,8-9H2,(H2,16,18). The SMILES string of the molecule is N/C(=N/O)c1ccc(CNCC2CCCCO2)c(Cl)c1. The first-order valence-electron chi connectivity index (χ1n) is 6.79. The Kier molecular flexibility index (Phi) is 5.64. The second-order valence-electron chi connectivity index (χ2n) is 4.91. The first-order chi connectivity index (χ1) is 9.70. The third-order valence-corrected chi connectivity index (χ3v) is 3.77. The molecule has 1 aliphatic rings. The molecule has 6 heteroatoms. The van der Waals surface area contributed by atoms with E-state index < -0.39 is 0 Å². The summed E-state index contributed by atoms with van der Waals surface area (Å²) in [5.74, 6) is 0.0574. The molecule has 0 spiro atoms. The summed E-state index contributed by atoms with van der Waals surface area (Å²) in [6.07, 6.45) is 3.82. The van der Waals surface area contributed by atoms with Gasteiger partial charge >= 0.3 is 0 Å². The summed E-state index contributed by atoms with van der Waals surface area (Å²) in [5.41, 5.74) is 7.11. The number of amidine groups is 1. The highest BCUT2D eigenvalue weighted by Gasteiger charge is 2.13. The number of nitrogens with one attached hydrogen (secondary N) is 1. The number of hydrogen-bond donors (Lipinski definition) is 3. The summed E-state index contributed by atoms with van der Waals surface area (Å²) in [4.78, 5) is 0. The maximum atomic E-state index is 8.63. The largest absolute Gasteiger partial charge is 0.409 e. The second kappa shape index (κ2) is 7.47. The van der Waals surface area contributed by atoms with Crippen molar-refractivity contribution in [2.45, 2.75) is 31.9 Å². The van der Waals surface area contributed by atoms with Crippen LogP contribution < -0.4 is 11.1 Å². The third-order valence-electron chi connectivity index (χ3n) is 3.42. The van der Waals surface area contributed by atoms with Gasteiger partial charge in [-0.2, -0.15) is 0 Å². The molecule has 1 saturated heterocycles. The molecule has 1 aromatic carbocycles. The number of benzene rings is 1. The maximum absolute atomic E-state index is 8.63. The normalized spacial score (nSPS) is 20.1. The van der Waals surface area contributed by atoms with Crippen LogP contribution >= 0.6 is 11.6 Å². The second-order valence-corrected chi connectivity index (χ2v) is 5.32. The van der Waals surface area contributed by atoms with Crippen molar-refractivity contribution in [1.82, 2.24) is 5.32 Å². The molecule has 110 valence electrons. The monoisotopic (exact) mass is 297 g/mol. The van der Waals surface area contributed by atoms with Crippen LogP contribution in [0.5, 0.6) is 0 Å². The highest BCUT2D eigenvalue weighted by molar-refractivity contribution is 6.31. The van der Waals surface area contributed by atoms with Crippen LogP contribution in [-0.4, -0.2) is 30.3 Å². The summed E-state index contributed by atoms with van der Waals surface area (Å²) in [7, 11) is 0. The van der Waals surface area contributed by atoms with Crippen molar-refractivity contribution in [1.29, 1.82) is 0 Å². The molecule has 20 heavy (non-hydrogen) atoms. The van der Waals surface area contributed by atoms with Gasteiger partial charge in [0.05, 0.1) is 6.10 Å². The fourth-order valence-electron chi connectivity index (χ4n) is 2.24. The Morgan fingerprint density at radius 3 is 3.00 bits per heavy atom. The molecule has 0 amide bonds. The molecule has 4 N–H and O–H groups in total. The van der Waals surface area contributed by atoms with E-state index in [2.05, 4.69) is 10.5 Å². The highest BCUT2D eigenvalue weighted by atomic mass is 35.5. The molecule has 1 atom stereocenters. The van der Waals surface area contributed by atoms with Crippen LogP contribution in [0.2, 0.25) is 5.02 Å². The fourth-order valence-corrected chi connectivity index (χ4v) is 2.49. The van der Waals surface area contributed by atoms with Gasteiger partial charge in [0.2, 0.25) is 0 Å². The van der Waals surface area contributed by atoms with Gasteiger partial charge in [-0.3, -0.25) is 0 Å². The summed E-state index contributed by atoms with van der Waals surface area (Å²) in [6, 6.07) is 5.37. The minimum Gasteiger partial charge on any atom is -0.409 e. The van der Waals surface area contributed by atoms with Crippen molar-refractivity contribution in [2.24, 2.45) is 10.9 Å². The topological polar surface area (TPSA) is 79.9 Å². The lowest BCUT2D eigenvalue weighted by molar-refractivity contribution is 0.0168. The lowest BCUT2D eigenvalue weighted by Crippen LogP contribution is -2.31. The van der Waals surface area contributed by atoms with Crippen LogP contribution in [0.15, 0.2) is 23.4 Å². The number of ether oxygens (including phenoxy) is 1. The Labute approximate surface area is 123 Å². The molecule has 0 aliphatic carbocycles. The van der Waals surface area contributed by atoms with Crippen LogP contribution in [0.3, 0.4) is 0 Å². The van der Waals surface area contributed by atoms with E-state index >= 15 is 0 Å². The molecule has 0 radical (unpaired) electrons. The Morgan fingerprint density at radius 2 is 2.35 bits per heavy atom. The first kappa shape index (κ1) is 15.1. The minimum absolute atomic E-state index is 0.0574. The lowest BCUT2D eigenvalue weighted by Gasteiger charge is -2.22. The number of nitrogens with two attached hydrogens (primary N) is 1. The van der Waals surface area contributed by atoms with Crippen molar-refractivity contribution in [3.8, 4) is 0 Å². The molecule has 2 rings (SSSR count). The zero-order chi connectivity index (χ0) is 14.4. The Hall–Kier alpha value is -1.30. The van der Waals surface area contributed by atoms with Gasteiger partial charge in [0.1, 0.15) is 0 Å². The molecule has 0 bridgehead atoms. The molecular formula is C14H20ClN3O2. The molecular weight excluding hydrogens is 278 g/mol. The molecule has 1 aromatic rings. The van der Waals surface area contributed by atoms with Crippen molar-refractivity contribution >= 4 is 17.4 Å². The van der Waals surface area contributed by atoms with Crippen molar-refractivity contribution in [2.75, 3.05) is 13.2 Å². The van der Waals surface area contributed by atoms with Gasteiger partial charge in [-0.1, -0.05) is 28.9 Å². The van der Waals surface area contributed by atoms with Gasteiger partial charge in [0.15, 0.2) is 5.84 Å². The van der Waals surface area contributed by atoms with E-state index in [4.69, 9.17) is 27.3 Å². The predicted octanol–water partition coefficient (Wildman–Crippen LogP) is 2.09. The van der Waals surface area contributed by atoms with Crippen molar-refractivity contribution in [3.63, 3.8) is 0 Å². The molecule has 0 saturated carbocycles. The zero-order valence-corrected chi connectivity index (χ0v) is 12.1. The predicted molar refractivity (Wildman–Crippen MR) is 79.3 cm³/mol. The van der Waals surface area contributed by atoms with Crippen LogP contribution in [0, 0.1) is 0 Å². The Morgan fingerprint density at radius 1 is 1.50 bits per heavy atom. The number of oxime groups is 1. The molecule has 5 nitrogen and oxygen atoms in total. The molecule has 1 unspecified atom stereocenters. The highest BCUT2D eigenvalue weighted by Crippen LogP contribution is 2.18. The molecule has 0 aromatic heterocycles. The van der Waals surface area contributed by atoms with E-state index in [1.807, 2.05) is 6.07 Å². The lowest BCUT2D eigenvalue weighted by atomic mass is 10.1. The number of halogens is 1. The van der Waals surface area contributed by atoms with Crippen LogP contribution in [0.4, 0.5) is 0 Å². The number of nitrogens with zero attached hydrogens (tertiary/aromatic N) is 1.